The minimum absolute atomic E-state index is 0. The van der Waals surface area contributed by atoms with Gasteiger partial charge in [0.05, 0.1) is 12.0 Å². The fourth-order valence-corrected chi connectivity index (χ4v) is 8.17. The van der Waals surface area contributed by atoms with Gasteiger partial charge in [-0.15, -0.1) is 40.5 Å². The summed E-state index contributed by atoms with van der Waals surface area (Å²) in [7, 11) is 0. The molecule has 0 spiro atoms. The number of rotatable bonds is 11. The zero-order valence-corrected chi connectivity index (χ0v) is 35.4. The van der Waals surface area contributed by atoms with Gasteiger partial charge < -0.3 is 9.52 Å². The maximum absolute atomic E-state index is 11.7. The van der Waals surface area contributed by atoms with Crippen LogP contribution in [0.4, 0.5) is 0 Å². The first-order valence-electron chi connectivity index (χ1n) is 18.7. The molecule has 0 aliphatic carbocycles. The van der Waals surface area contributed by atoms with E-state index in [0.717, 1.165) is 59.7 Å². The van der Waals surface area contributed by atoms with E-state index in [4.69, 9.17) is 9.40 Å². The number of carbonyl (C=O) groups excluding carboxylic acids is 1. The number of allylic oxidation sites excluding steroid dienone is 2. The Labute approximate surface area is 328 Å². The van der Waals surface area contributed by atoms with Gasteiger partial charge in [0, 0.05) is 58.7 Å². The quantitative estimate of drug-likeness (QED) is 0.0800. The smallest absolute Gasteiger partial charge is 0.219 e. The number of thiophene rings is 1. The van der Waals surface area contributed by atoms with Crippen LogP contribution >= 0.6 is 11.3 Å². The van der Waals surface area contributed by atoms with Gasteiger partial charge in [0.2, 0.25) is 5.71 Å². The molecule has 0 saturated carbocycles. The topological polar surface area (TPSA) is 63.3 Å². The first-order chi connectivity index (χ1) is 24.4. The van der Waals surface area contributed by atoms with E-state index in [1.54, 1.807) is 6.26 Å². The van der Waals surface area contributed by atoms with Crippen molar-refractivity contribution in [3.8, 4) is 22.4 Å². The van der Waals surface area contributed by atoms with Crippen LogP contribution in [0.3, 0.4) is 0 Å². The molecular weight excluding hydrogens is 839 g/mol. The Morgan fingerprint density at radius 3 is 2.25 bits per heavy atom. The summed E-state index contributed by atoms with van der Waals surface area (Å²) in [5.74, 6) is 1.20. The Morgan fingerprint density at radius 2 is 1.60 bits per heavy atom. The number of aliphatic hydroxyl groups excluding tert-OH is 1. The molecule has 1 N–H and O–H groups in total. The molecule has 0 atom stereocenters. The van der Waals surface area contributed by atoms with Crippen LogP contribution in [0.1, 0.15) is 98.4 Å². The van der Waals surface area contributed by atoms with Crippen LogP contribution in [0.15, 0.2) is 89.2 Å². The van der Waals surface area contributed by atoms with Crippen LogP contribution in [-0.2, 0) is 36.7 Å². The molecule has 52 heavy (non-hydrogen) atoms. The summed E-state index contributed by atoms with van der Waals surface area (Å²) in [6.45, 7) is 19.4. The Morgan fingerprint density at radius 1 is 0.904 bits per heavy atom. The summed E-state index contributed by atoms with van der Waals surface area (Å²) in [5, 5.41) is 14.5. The number of benzene rings is 3. The second-order valence-electron chi connectivity index (χ2n) is 15.1. The molecular formula is C46H54IrNO3S-. The average Bonchev–Trinajstić information content (AvgIpc) is 3.74. The maximum atomic E-state index is 11.7. The van der Waals surface area contributed by atoms with Crippen LogP contribution in [0.25, 0.3) is 54.3 Å². The van der Waals surface area contributed by atoms with Crippen molar-refractivity contribution in [3.05, 3.63) is 101 Å². The van der Waals surface area contributed by atoms with E-state index >= 15 is 0 Å². The van der Waals surface area contributed by atoms with Crippen molar-refractivity contribution < 1.29 is 34.4 Å². The van der Waals surface area contributed by atoms with Gasteiger partial charge in [-0.3, -0.25) is 9.78 Å². The third-order valence-electron chi connectivity index (χ3n) is 9.87. The van der Waals surface area contributed by atoms with Crippen LogP contribution < -0.4 is 0 Å². The Balaban J connectivity index is 0.000000323. The molecule has 6 rings (SSSR count). The van der Waals surface area contributed by atoms with Gasteiger partial charge in [-0.1, -0.05) is 110 Å². The summed E-state index contributed by atoms with van der Waals surface area (Å²) < 4.78 is 7.16. The number of furan rings is 1. The molecule has 0 fully saturated rings. The molecule has 0 unspecified atom stereocenters. The zero-order valence-electron chi connectivity index (χ0n) is 32.2. The Hall–Kier alpha value is -3.57. The third-order valence-corrected chi connectivity index (χ3v) is 11.0. The van der Waals surface area contributed by atoms with Gasteiger partial charge in [0.25, 0.3) is 0 Å². The molecule has 0 aliphatic rings. The second-order valence-corrected chi connectivity index (χ2v) is 16.3. The normalized spacial score (nSPS) is 12.2. The molecule has 4 nitrogen and oxygen atoms in total. The van der Waals surface area contributed by atoms with E-state index in [-0.39, 0.29) is 48.9 Å². The molecule has 3 aromatic carbocycles. The summed E-state index contributed by atoms with van der Waals surface area (Å²) in [6.07, 6.45) is 7.76. The number of hydrogen-bond acceptors (Lipinski definition) is 5. The van der Waals surface area contributed by atoms with Gasteiger partial charge >= 0.3 is 0 Å². The van der Waals surface area contributed by atoms with Crippen molar-refractivity contribution in [2.75, 3.05) is 0 Å². The minimum Gasteiger partial charge on any atom is -0.512 e. The molecule has 0 bridgehead atoms. The summed E-state index contributed by atoms with van der Waals surface area (Å²) >= 11 is 1.90. The van der Waals surface area contributed by atoms with Crippen molar-refractivity contribution in [3.63, 3.8) is 0 Å². The molecule has 0 saturated heterocycles. The predicted octanol–water partition coefficient (Wildman–Crippen LogP) is 13.7. The van der Waals surface area contributed by atoms with E-state index < -0.39 is 0 Å². The number of pyridine rings is 1. The average molecular weight is 893 g/mol. The first-order valence-corrected chi connectivity index (χ1v) is 19.5. The van der Waals surface area contributed by atoms with Gasteiger partial charge in [-0.05, 0) is 78.1 Å². The molecule has 6 heteroatoms. The monoisotopic (exact) mass is 893 g/mol. The van der Waals surface area contributed by atoms with Gasteiger partial charge in [-0.25, -0.2) is 0 Å². The molecule has 1 radical (unpaired) electrons. The van der Waals surface area contributed by atoms with Crippen LogP contribution in [0.5, 0.6) is 0 Å². The van der Waals surface area contributed by atoms with Crippen molar-refractivity contribution in [1.29, 1.82) is 0 Å². The number of nitrogens with zero attached hydrogens (tertiary/aromatic N) is 1. The van der Waals surface area contributed by atoms with Crippen LogP contribution in [0, 0.1) is 23.8 Å². The Bertz CT molecular complexity index is 2140. The van der Waals surface area contributed by atoms with Crippen LogP contribution in [0.2, 0.25) is 0 Å². The molecule has 0 aliphatic heterocycles. The first kappa shape index (κ1) is 41.2. The number of aliphatic hydroxyl groups is 1. The maximum Gasteiger partial charge on any atom is 0.219 e. The van der Waals surface area contributed by atoms with Gasteiger partial charge in [0.15, 0.2) is 5.78 Å². The SMILES string of the molecule is CC(C)Cc1cc2ccc(-c3cc(-c4[c-]c5ccccc5c(C(C)(C)C)c4)nc4occc34)cc2s1.CCC(CC)C(=O)/C=C(\O)C(CC)CC.[Ir]. The number of aromatic nitrogens is 1. The van der Waals surface area contributed by atoms with E-state index in [9.17, 15) is 9.90 Å². The van der Waals surface area contributed by atoms with E-state index in [1.165, 1.54) is 37.6 Å². The van der Waals surface area contributed by atoms with Crippen molar-refractivity contribution >= 4 is 49.1 Å². The molecule has 0 amide bonds. The number of fused-ring (bicyclic) bond motifs is 3. The fraction of sp³-hybridized carbons (Fsp3) is 0.391. The minimum atomic E-state index is -0.00102. The Kier molecular flexibility index (Phi) is 14.2. The van der Waals surface area contributed by atoms with Gasteiger partial charge in [0.1, 0.15) is 0 Å². The number of ketones is 1. The predicted molar refractivity (Wildman–Crippen MR) is 218 cm³/mol. The zero-order chi connectivity index (χ0) is 36.9. The molecule has 3 heterocycles. The molecule has 3 aromatic heterocycles. The van der Waals surface area contributed by atoms with Crippen LogP contribution in [-0.4, -0.2) is 15.9 Å². The van der Waals surface area contributed by atoms with E-state index in [1.807, 2.05) is 45.1 Å². The fourth-order valence-electron chi connectivity index (χ4n) is 6.85. The standard InChI is InChI=1S/C33H30NOS.C13H24O2.Ir/c1-20(2)14-25-16-23-11-10-22(18-31(23)36-25)28-19-30(34-32-27(28)12-13-35-32)24-15-21-8-6-7-9-26(21)29(17-24)33(3,4)5;1-5-10(6-2)12(14)9-13(15)11(7-3)8-4;/h6-13,16-20H,14H2,1-5H3;9-11,14H,5-8H2,1-4H3;/q-1;;/b;12-9-;. The molecule has 277 valence electrons. The van der Waals surface area contributed by atoms with Crippen molar-refractivity contribution in [2.45, 2.75) is 99.8 Å². The molecule has 6 aromatic rings. The third kappa shape index (κ3) is 9.50. The number of carbonyl (C=O) groups is 1. The van der Waals surface area contributed by atoms with E-state index in [0.29, 0.717) is 11.6 Å². The number of hydrogen-bond donors (Lipinski definition) is 1. The largest absolute Gasteiger partial charge is 0.512 e. The van der Waals surface area contributed by atoms with Crippen molar-refractivity contribution in [2.24, 2.45) is 17.8 Å². The van der Waals surface area contributed by atoms with E-state index in [2.05, 4.69) is 101 Å². The summed E-state index contributed by atoms with van der Waals surface area (Å²) in [4.78, 5) is 18.1. The van der Waals surface area contributed by atoms with Crippen molar-refractivity contribution in [1.82, 2.24) is 4.98 Å². The summed E-state index contributed by atoms with van der Waals surface area (Å²) in [5.41, 5.74) is 6.17. The van der Waals surface area contributed by atoms with Gasteiger partial charge in [-0.2, -0.15) is 0 Å². The second kappa shape index (κ2) is 18.0. The summed E-state index contributed by atoms with van der Waals surface area (Å²) in [6, 6.07) is 27.8.